The Morgan fingerprint density at radius 2 is 1.95 bits per heavy atom. The van der Waals surface area contributed by atoms with Crippen molar-refractivity contribution in [2.24, 2.45) is 0 Å². The number of hydrogen-bond acceptors (Lipinski definition) is 4. The minimum atomic E-state index is -1.03. The van der Waals surface area contributed by atoms with E-state index in [0.29, 0.717) is 5.69 Å². The van der Waals surface area contributed by atoms with E-state index in [4.69, 9.17) is 5.11 Å². The highest BCUT2D eigenvalue weighted by Crippen LogP contribution is 2.24. The normalized spacial score (nSPS) is 10.2. The van der Waals surface area contributed by atoms with Gasteiger partial charge >= 0.3 is 5.97 Å². The average Bonchev–Trinajstić information content (AvgIpc) is 2.86. The topological polar surface area (TPSA) is 66.4 Å². The summed E-state index contributed by atoms with van der Waals surface area (Å²) in [5.74, 6) is -1.02. The number of thiophene rings is 1. The minimum Gasteiger partial charge on any atom is -0.477 e. The smallest absolute Gasteiger partial charge is 0.348 e. The van der Waals surface area contributed by atoms with E-state index in [2.05, 4.69) is 21.2 Å². The largest absolute Gasteiger partial charge is 0.477 e. The molecule has 0 unspecified atom stereocenters. The van der Waals surface area contributed by atoms with Gasteiger partial charge in [-0.15, -0.1) is 23.1 Å². The molecular weight excluding hydrogens is 362 g/mol. The Balaban J connectivity index is 1.91. The Morgan fingerprint density at radius 1 is 1.25 bits per heavy atom. The van der Waals surface area contributed by atoms with Crippen LogP contribution >= 0.6 is 39.0 Å². The van der Waals surface area contributed by atoms with Crippen LogP contribution in [0.5, 0.6) is 0 Å². The van der Waals surface area contributed by atoms with Gasteiger partial charge in [-0.3, -0.25) is 4.79 Å². The molecule has 0 radical (unpaired) electrons. The fourth-order valence-electron chi connectivity index (χ4n) is 1.44. The summed E-state index contributed by atoms with van der Waals surface area (Å²) in [6, 6.07) is 9.23. The first-order valence-electron chi connectivity index (χ1n) is 5.55. The van der Waals surface area contributed by atoms with Crippen LogP contribution in [0, 0.1) is 0 Å². The monoisotopic (exact) mass is 371 g/mol. The number of carbonyl (C=O) groups excluding carboxylic acids is 1. The highest BCUT2D eigenvalue weighted by molar-refractivity contribution is 9.10. The zero-order valence-electron chi connectivity index (χ0n) is 10.1. The number of amides is 1. The number of carboxylic acid groups (broad SMARTS) is 1. The highest BCUT2D eigenvalue weighted by Gasteiger charge is 2.13. The van der Waals surface area contributed by atoms with Crippen LogP contribution in [-0.2, 0) is 4.79 Å². The second kappa shape index (κ2) is 6.92. The predicted octanol–water partition coefficient (Wildman–Crippen LogP) is 3.94. The van der Waals surface area contributed by atoms with Crippen molar-refractivity contribution in [2.45, 2.75) is 4.90 Å². The van der Waals surface area contributed by atoms with Gasteiger partial charge in [0.05, 0.1) is 11.4 Å². The highest BCUT2D eigenvalue weighted by atomic mass is 79.9. The standard InChI is InChI=1S/C13H10BrNO3S2/c14-8-1-3-9(4-2-8)20-7-11(16)15-10-5-6-19-12(10)13(17)18/h1-6H,7H2,(H,15,16)(H,17,18). The molecule has 2 N–H and O–H groups in total. The summed E-state index contributed by atoms with van der Waals surface area (Å²) in [4.78, 5) is 23.8. The third kappa shape index (κ3) is 4.09. The lowest BCUT2D eigenvalue weighted by atomic mass is 10.4. The molecule has 0 saturated carbocycles. The Morgan fingerprint density at radius 3 is 2.60 bits per heavy atom. The number of carboxylic acids is 1. The first-order valence-corrected chi connectivity index (χ1v) is 8.21. The SMILES string of the molecule is O=C(CSc1ccc(Br)cc1)Nc1ccsc1C(=O)O. The van der Waals surface area contributed by atoms with E-state index in [9.17, 15) is 9.59 Å². The molecule has 0 aliphatic heterocycles. The van der Waals surface area contributed by atoms with Gasteiger partial charge in [-0.25, -0.2) is 4.79 Å². The van der Waals surface area contributed by atoms with Gasteiger partial charge in [0.25, 0.3) is 0 Å². The van der Waals surface area contributed by atoms with Gasteiger partial charge < -0.3 is 10.4 Å². The lowest BCUT2D eigenvalue weighted by Crippen LogP contribution is -2.15. The van der Waals surface area contributed by atoms with Crippen molar-refractivity contribution in [3.05, 3.63) is 45.1 Å². The van der Waals surface area contributed by atoms with E-state index in [-0.39, 0.29) is 16.5 Å². The molecule has 2 rings (SSSR count). The zero-order valence-corrected chi connectivity index (χ0v) is 13.3. The van der Waals surface area contributed by atoms with E-state index >= 15 is 0 Å². The molecule has 1 aromatic heterocycles. The van der Waals surface area contributed by atoms with Crippen LogP contribution in [0.3, 0.4) is 0 Å². The quantitative estimate of drug-likeness (QED) is 0.781. The molecule has 4 nitrogen and oxygen atoms in total. The number of rotatable bonds is 5. The van der Waals surface area contributed by atoms with Gasteiger partial charge in [0, 0.05) is 9.37 Å². The van der Waals surface area contributed by atoms with Crippen molar-refractivity contribution in [3.63, 3.8) is 0 Å². The summed E-state index contributed by atoms with van der Waals surface area (Å²) < 4.78 is 0.982. The maximum atomic E-state index is 11.8. The number of aromatic carboxylic acids is 1. The Kier molecular flexibility index (Phi) is 5.22. The van der Waals surface area contributed by atoms with Crippen LogP contribution in [0.15, 0.2) is 45.1 Å². The molecule has 0 aliphatic rings. The second-order valence-corrected chi connectivity index (χ2v) is 6.64. The van der Waals surface area contributed by atoms with Crippen molar-refractivity contribution < 1.29 is 14.7 Å². The van der Waals surface area contributed by atoms with Crippen LogP contribution in [0.4, 0.5) is 5.69 Å². The molecule has 0 spiro atoms. The molecule has 0 atom stereocenters. The fourth-order valence-corrected chi connectivity index (χ4v) is 3.09. The lowest BCUT2D eigenvalue weighted by Gasteiger charge is -2.04. The van der Waals surface area contributed by atoms with Crippen molar-refractivity contribution in [1.82, 2.24) is 0 Å². The number of anilines is 1. The van der Waals surface area contributed by atoms with Gasteiger partial charge in [-0.2, -0.15) is 0 Å². The summed E-state index contributed by atoms with van der Waals surface area (Å²) in [7, 11) is 0. The van der Waals surface area contributed by atoms with E-state index in [1.165, 1.54) is 11.8 Å². The molecule has 1 heterocycles. The molecule has 0 saturated heterocycles. The molecule has 1 amide bonds. The van der Waals surface area contributed by atoms with Crippen molar-refractivity contribution in [1.29, 1.82) is 0 Å². The van der Waals surface area contributed by atoms with Crippen LogP contribution < -0.4 is 5.32 Å². The van der Waals surface area contributed by atoms with Crippen LogP contribution in [0.2, 0.25) is 0 Å². The maximum absolute atomic E-state index is 11.8. The summed E-state index contributed by atoms with van der Waals surface area (Å²) in [6.45, 7) is 0. The molecule has 0 bridgehead atoms. The third-order valence-corrected chi connectivity index (χ3v) is 4.76. The third-order valence-electron chi connectivity index (χ3n) is 2.32. The van der Waals surface area contributed by atoms with E-state index in [0.717, 1.165) is 20.7 Å². The molecular formula is C13H10BrNO3S2. The summed E-state index contributed by atoms with van der Waals surface area (Å²) >= 11 is 5.83. The molecule has 1 aromatic carbocycles. The second-order valence-electron chi connectivity index (χ2n) is 3.76. The molecule has 2 aromatic rings. The maximum Gasteiger partial charge on any atom is 0.348 e. The summed E-state index contributed by atoms with van der Waals surface area (Å²) in [5, 5.41) is 13.2. The van der Waals surface area contributed by atoms with E-state index < -0.39 is 5.97 Å². The average molecular weight is 372 g/mol. The number of benzene rings is 1. The fraction of sp³-hybridized carbons (Fsp3) is 0.0769. The Hall–Kier alpha value is -1.31. The molecule has 0 fully saturated rings. The molecule has 7 heteroatoms. The minimum absolute atomic E-state index is 0.145. The molecule has 20 heavy (non-hydrogen) atoms. The summed E-state index contributed by atoms with van der Waals surface area (Å²) in [5.41, 5.74) is 0.351. The van der Waals surface area contributed by atoms with Gasteiger partial charge in [0.1, 0.15) is 4.88 Å². The number of thioether (sulfide) groups is 1. The number of halogens is 1. The van der Waals surface area contributed by atoms with Gasteiger partial charge in [0.2, 0.25) is 5.91 Å². The number of hydrogen-bond donors (Lipinski definition) is 2. The van der Waals surface area contributed by atoms with Crippen LogP contribution in [-0.4, -0.2) is 22.7 Å². The molecule has 0 aliphatic carbocycles. The van der Waals surface area contributed by atoms with Crippen LogP contribution in [0.25, 0.3) is 0 Å². The number of nitrogens with one attached hydrogen (secondary N) is 1. The Bertz CT molecular complexity index is 625. The number of carbonyl (C=O) groups is 2. The molecule has 104 valence electrons. The van der Waals surface area contributed by atoms with Gasteiger partial charge in [0.15, 0.2) is 0 Å². The Labute approximate surface area is 132 Å². The first-order chi connectivity index (χ1) is 9.56. The van der Waals surface area contributed by atoms with E-state index in [1.54, 1.807) is 11.4 Å². The summed E-state index contributed by atoms with van der Waals surface area (Å²) in [6.07, 6.45) is 0. The van der Waals surface area contributed by atoms with Gasteiger partial charge in [-0.05, 0) is 35.7 Å². The van der Waals surface area contributed by atoms with E-state index in [1.807, 2.05) is 24.3 Å². The van der Waals surface area contributed by atoms with Crippen molar-refractivity contribution >= 4 is 56.6 Å². The zero-order chi connectivity index (χ0) is 14.5. The van der Waals surface area contributed by atoms with Crippen molar-refractivity contribution in [2.75, 3.05) is 11.1 Å². The van der Waals surface area contributed by atoms with Crippen molar-refractivity contribution in [3.8, 4) is 0 Å². The predicted molar refractivity (Wildman–Crippen MR) is 84.8 cm³/mol. The lowest BCUT2D eigenvalue weighted by molar-refractivity contribution is -0.113. The van der Waals surface area contributed by atoms with Gasteiger partial charge in [-0.1, -0.05) is 15.9 Å². The first kappa shape index (κ1) is 15.1. The van der Waals surface area contributed by atoms with Crippen LogP contribution in [0.1, 0.15) is 9.67 Å².